The lowest BCUT2D eigenvalue weighted by Crippen LogP contribution is -2.18. The number of benzene rings is 1. The van der Waals surface area contributed by atoms with Crippen molar-refractivity contribution < 1.29 is 19.2 Å². The molecule has 0 spiro atoms. The van der Waals surface area contributed by atoms with E-state index in [4.69, 9.17) is 9.57 Å². The summed E-state index contributed by atoms with van der Waals surface area (Å²) >= 11 is 1.35. The number of aryl methyl sites for hydroxylation is 2. The molecule has 0 unspecified atom stereocenters. The van der Waals surface area contributed by atoms with Crippen molar-refractivity contribution in [1.82, 2.24) is 0 Å². The van der Waals surface area contributed by atoms with E-state index >= 15 is 0 Å². The van der Waals surface area contributed by atoms with Crippen LogP contribution in [0.4, 0.5) is 5.00 Å². The molecule has 138 valence electrons. The number of rotatable bonds is 8. The van der Waals surface area contributed by atoms with Gasteiger partial charge in [0.15, 0.2) is 6.61 Å². The standard InChI is InChI=1S/C19H22N2O4S/c1-4-15-10-16(19(23)24-5-2)18(26-15)21-17(22)12-25-20-11-14-9-7-6-8-13(14)3/h6-11H,4-5,12H2,1-3H3,(H,21,22)/b20-11+. The second-order valence-corrected chi connectivity index (χ2v) is 6.58. The summed E-state index contributed by atoms with van der Waals surface area (Å²) in [5.41, 5.74) is 2.35. The zero-order chi connectivity index (χ0) is 18.9. The van der Waals surface area contributed by atoms with Crippen molar-refractivity contribution in [3.8, 4) is 0 Å². The fraction of sp³-hybridized carbons (Fsp3) is 0.316. The van der Waals surface area contributed by atoms with Crippen LogP contribution in [0, 0.1) is 6.92 Å². The Kier molecular flexibility index (Phi) is 7.35. The molecule has 26 heavy (non-hydrogen) atoms. The van der Waals surface area contributed by atoms with Crippen LogP contribution < -0.4 is 5.32 Å². The van der Waals surface area contributed by atoms with Gasteiger partial charge in [-0.25, -0.2) is 4.79 Å². The second kappa shape index (κ2) is 9.72. The molecule has 0 aliphatic rings. The van der Waals surface area contributed by atoms with Crippen molar-refractivity contribution >= 4 is 34.4 Å². The van der Waals surface area contributed by atoms with Crippen LogP contribution >= 0.6 is 11.3 Å². The first kappa shape index (κ1) is 19.7. The number of hydrogen-bond donors (Lipinski definition) is 1. The molecule has 0 atom stereocenters. The minimum Gasteiger partial charge on any atom is -0.462 e. The Morgan fingerprint density at radius 2 is 2.04 bits per heavy atom. The second-order valence-electron chi connectivity index (χ2n) is 5.44. The van der Waals surface area contributed by atoms with Gasteiger partial charge in [-0.3, -0.25) is 4.79 Å². The summed E-state index contributed by atoms with van der Waals surface area (Å²) in [5.74, 6) is -0.834. The first-order chi connectivity index (χ1) is 12.5. The van der Waals surface area contributed by atoms with E-state index in [9.17, 15) is 9.59 Å². The van der Waals surface area contributed by atoms with E-state index in [0.29, 0.717) is 10.6 Å². The molecule has 7 heteroatoms. The number of anilines is 1. The summed E-state index contributed by atoms with van der Waals surface area (Å²) < 4.78 is 5.03. The highest BCUT2D eigenvalue weighted by molar-refractivity contribution is 7.16. The number of oxime groups is 1. The number of carbonyl (C=O) groups is 2. The molecule has 0 radical (unpaired) electrons. The fourth-order valence-electron chi connectivity index (χ4n) is 2.15. The normalized spacial score (nSPS) is 10.7. The summed E-state index contributed by atoms with van der Waals surface area (Å²) in [4.78, 5) is 30.1. The Labute approximate surface area is 156 Å². The lowest BCUT2D eigenvalue weighted by molar-refractivity contribution is -0.120. The molecule has 1 N–H and O–H groups in total. The predicted molar refractivity (Wildman–Crippen MR) is 103 cm³/mol. The number of nitrogens with one attached hydrogen (secondary N) is 1. The van der Waals surface area contributed by atoms with Gasteiger partial charge in [-0.2, -0.15) is 0 Å². The summed E-state index contributed by atoms with van der Waals surface area (Å²) in [6.45, 7) is 5.72. The maximum Gasteiger partial charge on any atom is 0.341 e. The SMILES string of the molecule is CCOC(=O)c1cc(CC)sc1NC(=O)CO/N=C/c1ccccc1C. The Hall–Kier alpha value is -2.67. The monoisotopic (exact) mass is 374 g/mol. The number of nitrogens with zero attached hydrogens (tertiary/aromatic N) is 1. The van der Waals surface area contributed by atoms with Gasteiger partial charge >= 0.3 is 5.97 Å². The third-order valence-electron chi connectivity index (χ3n) is 3.53. The molecule has 6 nitrogen and oxygen atoms in total. The average Bonchev–Trinajstić information content (AvgIpc) is 3.03. The number of thiophene rings is 1. The Morgan fingerprint density at radius 1 is 1.27 bits per heavy atom. The van der Waals surface area contributed by atoms with Crippen LogP contribution in [-0.2, 0) is 20.8 Å². The number of carbonyl (C=O) groups excluding carboxylic acids is 2. The van der Waals surface area contributed by atoms with Crippen molar-refractivity contribution in [2.75, 3.05) is 18.5 Å². The van der Waals surface area contributed by atoms with Gasteiger partial charge < -0.3 is 14.9 Å². The van der Waals surface area contributed by atoms with E-state index in [2.05, 4.69) is 10.5 Å². The van der Waals surface area contributed by atoms with Crippen molar-refractivity contribution in [2.24, 2.45) is 5.16 Å². The van der Waals surface area contributed by atoms with Crippen LogP contribution in [0.1, 0.15) is 40.2 Å². The molecule has 1 heterocycles. The van der Waals surface area contributed by atoms with E-state index < -0.39 is 5.97 Å². The summed E-state index contributed by atoms with van der Waals surface area (Å²) in [5, 5.41) is 6.98. The van der Waals surface area contributed by atoms with E-state index in [1.165, 1.54) is 11.3 Å². The molecule has 0 saturated carbocycles. The van der Waals surface area contributed by atoms with E-state index in [-0.39, 0.29) is 19.1 Å². The van der Waals surface area contributed by atoms with Gasteiger partial charge in [-0.1, -0.05) is 36.3 Å². The number of esters is 1. The van der Waals surface area contributed by atoms with Crippen LogP contribution in [0.15, 0.2) is 35.5 Å². The smallest absolute Gasteiger partial charge is 0.341 e. The van der Waals surface area contributed by atoms with Crippen LogP contribution in [0.25, 0.3) is 0 Å². The minimum atomic E-state index is -0.447. The van der Waals surface area contributed by atoms with Crippen LogP contribution in [0.3, 0.4) is 0 Å². The molecule has 0 fully saturated rings. The predicted octanol–water partition coefficient (Wildman–Crippen LogP) is 3.78. The molecule has 0 aliphatic carbocycles. The molecule has 2 aromatic rings. The Morgan fingerprint density at radius 3 is 2.73 bits per heavy atom. The van der Waals surface area contributed by atoms with Gasteiger partial charge in [-0.15, -0.1) is 11.3 Å². The molecule has 1 aromatic heterocycles. The molecular weight excluding hydrogens is 352 g/mol. The zero-order valence-electron chi connectivity index (χ0n) is 15.1. The van der Waals surface area contributed by atoms with Gasteiger partial charge in [0.05, 0.1) is 18.4 Å². The van der Waals surface area contributed by atoms with Gasteiger partial charge in [-0.05, 0) is 37.5 Å². The third-order valence-corrected chi connectivity index (χ3v) is 4.73. The summed E-state index contributed by atoms with van der Waals surface area (Å²) in [7, 11) is 0. The molecule has 2 rings (SSSR count). The highest BCUT2D eigenvalue weighted by atomic mass is 32.1. The first-order valence-corrected chi connectivity index (χ1v) is 9.17. The molecule has 1 amide bonds. The van der Waals surface area contributed by atoms with Crippen LogP contribution in [-0.4, -0.2) is 31.3 Å². The topological polar surface area (TPSA) is 77.0 Å². The van der Waals surface area contributed by atoms with E-state index in [1.807, 2.05) is 38.1 Å². The Bertz CT molecular complexity index is 799. The maximum absolute atomic E-state index is 12.1. The van der Waals surface area contributed by atoms with Crippen molar-refractivity contribution in [3.63, 3.8) is 0 Å². The molecular formula is C19H22N2O4S. The van der Waals surface area contributed by atoms with Gasteiger partial charge in [0.25, 0.3) is 5.91 Å². The van der Waals surface area contributed by atoms with Crippen molar-refractivity contribution in [2.45, 2.75) is 27.2 Å². The number of ether oxygens (including phenoxy) is 1. The van der Waals surface area contributed by atoms with Gasteiger partial charge in [0, 0.05) is 4.88 Å². The molecule has 0 saturated heterocycles. The lowest BCUT2D eigenvalue weighted by Gasteiger charge is -2.05. The number of hydrogen-bond acceptors (Lipinski definition) is 6. The average molecular weight is 374 g/mol. The first-order valence-electron chi connectivity index (χ1n) is 8.35. The van der Waals surface area contributed by atoms with Gasteiger partial charge in [0.1, 0.15) is 5.00 Å². The minimum absolute atomic E-state index is 0.246. The lowest BCUT2D eigenvalue weighted by atomic mass is 10.1. The largest absolute Gasteiger partial charge is 0.462 e. The van der Waals surface area contributed by atoms with Crippen molar-refractivity contribution in [3.05, 3.63) is 51.9 Å². The van der Waals surface area contributed by atoms with Crippen LogP contribution in [0.2, 0.25) is 0 Å². The van der Waals surface area contributed by atoms with Crippen LogP contribution in [0.5, 0.6) is 0 Å². The zero-order valence-corrected chi connectivity index (χ0v) is 15.9. The van der Waals surface area contributed by atoms with Crippen molar-refractivity contribution in [1.29, 1.82) is 0 Å². The fourth-order valence-corrected chi connectivity index (χ4v) is 3.15. The summed E-state index contributed by atoms with van der Waals surface area (Å²) in [6.07, 6.45) is 2.33. The van der Waals surface area contributed by atoms with Gasteiger partial charge in [0.2, 0.25) is 0 Å². The van der Waals surface area contributed by atoms with E-state index in [0.717, 1.165) is 22.4 Å². The quantitative estimate of drug-likeness (QED) is 0.433. The highest BCUT2D eigenvalue weighted by Gasteiger charge is 2.18. The Balaban J connectivity index is 1.94. The third kappa shape index (κ3) is 5.42. The highest BCUT2D eigenvalue weighted by Crippen LogP contribution is 2.29. The molecule has 0 aliphatic heterocycles. The summed E-state index contributed by atoms with van der Waals surface area (Å²) in [6, 6.07) is 9.46. The van der Waals surface area contributed by atoms with E-state index in [1.54, 1.807) is 19.2 Å². The maximum atomic E-state index is 12.1. The molecule has 0 bridgehead atoms. The number of amides is 1. The molecule has 1 aromatic carbocycles.